The summed E-state index contributed by atoms with van der Waals surface area (Å²) in [5, 5.41) is 0. The summed E-state index contributed by atoms with van der Waals surface area (Å²) in [5.41, 5.74) is 14.6. The van der Waals surface area contributed by atoms with Crippen LogP contribution in [0.1, 0.15) is 134 Å². The van der Waals surface area contributed by atoms with Gasteiger partial charge in [0.25, 0.3) is 0 Å². The fraction of sp³-hybridized carbons (Fsp3) is 0.383. The van der Waals surface area contributed by atoms with E-state index in [0.717, 1.165) is 12.8 Å². The number of halogens is 2. The zero-order valence-electron chi connectivity index (χ0n) is 32.5. The standard InChI is InChI=1S/C29H41.C13H10.C5H5.2ClH.Zr/c1-26(2,3)22-14-18-13-19-15-23(27(4,5)6)25(29(10,11)12)17-21(19)20(18)16-24(22)28(7,8)9;1-3-7-12(8-4-1)11-13-9-5-2-6-10-13;1-2-4-5-3-1;;;/h14,16-17H,13H2,1-12H3;1-10H;1-3H,4H2;2*1H;/q-1;;-1;;;+2. The summed E-state index contributed by atoms with van der Waals surface area (Å²) in [4.78, 5) is 0. The zero-order valence-corrected chi connectivity index (χ0v) is 36.6. The van der Waals surface area contributed by atoms with Crippen molar-refractivity contribution in [3.05, 3.63) is 154 Å². The van der Waals surface area contributed by atoms with Crippen LogP contribution in [0.25, 0.3) is 11.1 Å². The van der Waals surface area contributed by atoms with Crippen LogP contribution in [0.4, 0.5) is 0 Å². The van der Waals surface area contributed by atoms with Crippen molar-refractivity contribution in [2.75, 3.05) is 0 Å². The molecule has 50 heavy (non-hydrogen) atoms. The topological polar surface area (TPSA) is 0 Å². The van der Waals surface area contributed by atoms with Crippen LogP contribution in [0, 0.1) is 12.1 Å². The third-order valence-corrected chi connectivity index (χ3v) is 10.4. The summed E-state index contributed by atoms with van der Waals surface area (Å²) < 4.78 is 1.42. The zero-order chi connectivity index (χ0) is 35.5. The van der Waals surface area contributed by atoms with Crippen molar-refractivity contribution in [2.45, 2.75) is 118 Å². The summed E-state index contributed by atoms with van der Waals surface area (Å²) >= 11 is 1.46. The molecule has 0 aromatic heterocycles. The maximum absolute atomic E-state index is 3.90. The van der Waals surface area contributed by atoms with Crippen molar-refractivity contribution in [1.29, 1.82) is 0 Å². The van der Waals surface area contributed by atoms with E-state index in [1.165, 1.54) is 83.1 Å². The molecule has 0 N–H and O–H groups in total. The molecule has 0 fully saturated rings. The summed E-state index contributed by atoms with van der Waals surface area (Å²) in [6.07, 6.45) is 11.0. The van der Waals surface area contributed by atoms with Crippen molar-refractivity contribution >= 4 is 28.0 Å². The van der Waals surface area contributed by atoms with Crippen LogP contribution in [0.2, 0.25) is 0 Å². The quantitative estimate of drug-likeness (QED) is 0.156. The van der Waals surface area contributed by atoms with Gasteiger partial charge in [0.2, 0.25) is 0 Å². The molecule has 3 heteroatoms. The molecule has 4 aromatic carbocycles. The number of hydrogen-bond donors (Lipinski definition) is 0. The van der Waals surface area contributed by atoms with Crippen LogP contribution < -0.4 is 0 Å². The SMILES string of the molecule is CC(C)(C)c1[c-]c2c(cc1C(C)(C)C)-c1cc(C(C)(C)C)c(C(C)(C)C)cc1C2.Cl.Cl.[C-]1=CC=CC1.[Zr+2]=[C](c1ccccc1)c1ccccc1. The number of allylic oxidation sites excluding steroid dienone is 4. The number of hydrogen-bond acceptors (Lipinski definition) is 0. The van der Waals surface area contributed by atoms with E-state index in [2.05, 4.69) is 180 Å². The van der Waals surface area contributed by atoms with Crippen LogP contribution in [0.3, 0.4) is 0 Å². The first-order valence-corrected chi connectivity index (χ1v) is 18.7. The average molecular weight is 785 g/mol. The summed E-state index contributed by atoms with van der Waals surface area (Å²) in [6, 6.07) is 32.5. The molecule has 0 aliphatic heterocycles. The van der Waals surface area contributed by atoms with E-state index in [9.17, 15) is 0 Å². The number of benzene rings is 4. The third kappa shape index (κ3) is 11.1. The molecule has 0 amide bonds. The molecule has 264 valence electrons. The van der Waals surface area contributed by atoms with Crippen molar-refractivity contribution in [2.24, 2.45) is 0 Å². The van der Waals surface area contributed by atoms with Gasteiger partial charge in [0.1, 0.15) is 0 Å². The molecule has 0 saturated heterocycles. The maximum atomic E-state index is 3.90. The normalized spacial score (nSPS) is 13.1. The van der Waals surface area contributed by atoms with Gasteiger partial charge < -0.3 is 0 Å². The first kappa shape index (κ1) is 43.9. The molecular weight excluding hydrogens is 727 g/mol. The molecule has 4 aromatic rings. The molecule has 0 bridgehead atoms. The molecule has 0 heterocycles. The first-order valence-electron chi connectivity index (χ1n) is 17.5. The molecule has 0 saturated carbocycles. The molecule has 0 unspecified atom stereocenters. The van der Waals surface area contributed by atoms with Crippen LogP contribution >= 0.6 is 24.8 Å². The molecule has 0 radical (unpaired) electrons. The van der Waals surface area contributed by atoms with Crippen LogP contribution in [0.15, 0.2) is 97.1 Å². The monoisotopic (exact) mass is 782 g/mol. The van der Waals surface area contributed by atoms with E-state index in [1.807, 2.05) is 12.2 Å². The van der Waals surface area contributed by atoms with Gasteiger partial charge in [-0.15, -0.1) is 47.9 Å². The fourth-order valence-electron chi connectivity index (χ4n) is 6.34. The van der Waals surface area contributed by atoms with Gasteiger partial charge in [-0.3, -0.25) is 6.08 Å². The Labute approximate surface area is 332 Å². The Morgan fingerprint density at radius 1 is 0.580 bits per heavy atom. The number of rotatable bonds is 2. The summed E-state index contributed by atoms with van der Waals surface area (Å²) in [5.74, 6) is 0. The van der Waals surface area contributed by atoms with E-state index in [4.69, 9.17) is 0 Å². The van der Waals surface area contributed by atoms with Crippen molar-refractivity contribution in [3.63, 3.8) is 0 Å². The Kier molecular flexibility index (Phi) is 15.3. The molecule has 6 rings (SSSR count). The summed E-state index contributed by atoms with van der Waals surface area (Å²) in [6.45, 7) is 28.0. The van der Waals surface area contributed by atoms with Crippen molar-refractivity contribution in [3.8, 4) is 11.1 Å². The second-order valence-electron chi connectivity index (χ2n) is 17.3. The molecule has 0 spiro atoms. The Hall–Kier alpha value is -2.31. The van der Waals surface area contributed by atoms with Gasteiger partial charge in [0, 0.05) is 0 Å². The molecule has 2 aliphatic carbocycles. The van der Waals surface area contributed by atoms with E-state index >= 15 is 0 Å². The minimum absolute atomic E-state index is 0. The molecular formula is C47H58Cl2Zr. The van der Waals surface area contributed by atoms with Gasteiger partial charge in [-0.05, 0) is 39.4 Å². The van der Waals surface area contributed by atoms with E-state index in [0.29, 0.717) is 0 Å². The van der Waals surface area contributed by atoms with Gasteiger partial charge in [-0.1, -0.05) is 106 Å². The van der Waals surface area contributed by atoms with Gasteiger partial charge in [-0.2, -0.15) is 23.8 Å². The van der Waals surface area contributed by atoms with Crippen LogP contribution in [-0.2, 0) is 52.3 Å². The van der Waals surface area contributed by atoms with Crippen molar-refractivity contribution in [1.82, 2.24) is 0 Å². The molecule has 0 atom stereocenters. The predicted octanol–water partition coefficient (Wildman–Crippen LogP) is 13.2. The second kappa shape index (κ2) is 17.5. The molecule has 0 nitrogen and oxygen atoms in total. The number of fused-ring (bicyclic) bond motifs is 3. The molecule has 2 aliphatic rings. The second-order valence-corrected chi connectivity index (χ2v) is 18.5. The Bertz CT molecular complexity index is 1650. The van der Waals surface area contributed by atoms with Crippen LogP contribution in [-0.4, -0.2) is 3.21 Å². The first-order chi connectivity index (χ1) is 22.3. The third-order valence-electron chi connectivity index (χ3n) is 8.94. The van der Waals surface area contributed by atoms with E-state index < -0.39 is 0 Å². The van der Waals surface area contributed by atoms with E-state index in [-0.39, 0.29) is 46.5 Å². The van der Waals surface area contributed by atoms with Crippen molar-refractivity contribution < 1.29 is 24.2 Å². The Balaban J connectivity index is 0.000000341. The minimum atomic E-state index is 0. The van der Waals surface area contributed by atoms with Gasteiger partial charge in [-0.25, -0.2) is 12.2 Å². The summed E-state index contributed by atoms with van der Waals surface area (Å²) in [7, 11) is 0. The van der Waals surface area contributed by atoms with Crippen LogP contribution in [0.5, 0.6) is 0 Å². The van der Waals surface area contributed by atoms with Gasteiger partial charge in [0.05, 0.1) is 0 Å². The van der Waals surface area contributed by atoms with E-state index in [1.54, 1.807) is 0 Å². The average Bonchev–Trinajstić information content (AvgIpc) is 3.71. The predicted molar refractivity (Wildman–Crippen MR) is 220 cm³/mol. The Morgan fingerprint density at radius 3 is 1.42 bits per heavy atom. The fourth-order valence-corrected chi connectivity index (χ4v) is 7.16. The van der Waals surface area contributed by atoms with Gasteiger partial charge in [0.15, 0.2) is 0 Å². The Morgan fingerprint density at radius 2 is 1.04 bits per heavy atom. The van der Waals surface area contributed by atoms with Gasteiger partial charge >= 0.3 is 99.2 Å².